The third-order valence-corrected chi connectivity index (χ3v) is 12.3. The standard InChI is InChI=1S/C13H21NO.C12H11Ge.C9H13.Hf/c1-11-3-9-4-12(2,6-11)8-13(5-9,7-11)10(14)15;1-3-7-11(8-4-1)13-12-9-5-2-6-10-12;1-6-5-7(2)9(4)8(6)3;/h9H,3-8H2,1-2H3,(H2,14,15);1-10,13H;6H,1-4H3;/q;;-1;/p-1. The van der Waals surface area contributed by atoms with Gasteiger partial charge in [0, 0.05) is 31.3 Å². The van der Waals surface area contributed by atoms with E-state index in [2.05, 4.69) is 108 Å². The van der Waals surface area contributed by atoms with Crippen LogP contribution in [0.3, 0.4) is 0 Å². The van der Waals surface area contributed by atoms with Crippen molar-refractivity contribution >= 4 is 30.1 Å². The molecule has 5 aliphatic carbocycles. The van der Waals surface area contributed by atoms with Crippen LogP contribution >= 0.6 is 0 Å². The Hall–Kier alpha value is -1.20. The normalized spacial score (nSPS) is 32.3. The summed E-state index contributed by atoms with van der Waals surface area (Å²) in [7, 11) is 0. The van der Waals surface area contributed by atoms with Crippen molar-refractivity contribution in [2.75, 3.05) is 0 Å². The summed E-state index contributed by atoms with van der Waals surface area (Å²) in [6.45, 7) is 13.4. The summed E-state index contributed by atoms with van der Waals surface area (Å²) in [5, 5.41) is 0. The van der Waals surface area contributed by atoms with Gasteiger partial charge >= 0.3 is 84.9 Å². The van der Waals surface area contributed by atoms with E-state index in [1.807, 2.05) is 0 Å². The zero-order chi connectivity index (χ0) is 26.8. The van der Waals surface area contributed by atoms with Crippen LogP contribution in [0.5, 0.6) is 0 Å². The van der Waals surface area contributed by atoms with Gasteiger partial charge in [-0.2, -0.15) is 11.1 Å². The Balaban J connectivity index is 0.000000161. The number of amides is 1. The second kappa shape index (κ2) is 12.5. The number of benzene rings is 2. The SMILES string of the molecule is CC12CC3CC(C)(C1)CC(C([NH-])=O)(C3)C2.CC1=[C-]C(C)C(C)=C1C.[Hf].c1cc[c]([GeH][c]2ccccc2)cc1. The second-order valence-electron chi connectivity index (χ2n) is 13.0. The Morgan fingerprint density at radius 3 is 1.63 bits per heavy atom. The van der Waals surface area contributed by atoms with Crippen LogP contribution < -0.4 is 8.79 Å². The molecule has 0 spiro atoms. The van der Waals surface area contributed by atoms with Gasteiger partial charge in [-0.1, -0.05) is 40.5 Å². The maximum atomic E-state index is 11.6. The molecule has 3 unspecified atom stereocenters. The summed E-state index contributed by atoms with van der Waals surface area (Å²) in [4.78, 5) is 11.6. The van der Waals surface area contributed by atoms with Crippen molar-refractivity contribution in [3.05, 3.63) is 89.2 Å². The van der Waals surface area contributed by atoms with Gasteiger partial charge in [0.2, 0.25) is 0 Å². The molecule has 3 atom stereocenters. The van der Waals surface area contributed by atoms with E-state index >= 15 is 0 Å². The minimum absolute atomic E-state index is 0. The molecule has 1 N–H and O–H groups in total. The monoisotopic (exact) mass is 736 g/mol. The fourth-order valence-corrected chi connectivity index (χ4v) is 10.7. The third kappa shape index (κ3) is 7.30. The summed E-state index contributed by atoms with van der Waals surface area (Å²) in [6.07, 6.45) is 10.3. The van der Waals surface area contributed by atoms with Gasteiger partial charge in [-0.25, -0.2) is 5.57 Å². The molecule has 0 saturated heterocycles. The van der Waals surface area contributed by atoms with Gasteiger partial charge in [-0.15, -0.1) is 6.92 Å². The summed E-state index contributed by atoms with van der Waals surface area (Å²) in [5.41, 5.74) is 12.3. The molecular weight excluding hydrogens is 689 g/mol. The molecule has 4 heteroatoms. The van der Waals surface area contributed by atoms with Gasteiger partial charge < -0.3 is 10.5 Å². The quantitative estimate of drug-likeness (QED) is 0.240. The van der Waals surface area contributed by atoms with E-state index in [1.165, 1.54) is 44.8 Å². The molecule has 0 aromatic heterocycles. The molecular formula is C34H44GeHfNO-2. The summed E-state index contributed by atoms with van der Waals surface area (Å²) in [6, 6.07) is 21.5. The van der Waals surface area contributed by atoms with Crippen LogP contribution in [-0.2, 0) is 30.6 Å². The Labute approximate surface area is 256 Å². The zero-order valence-electron chi connectivity index (χ0n) is 24.2. The molecule has 2 aromatic rings. The molecule has 0 heterocycles. The van der Waals surface area contributed by atoms with Crippen LogP contribution in [0.2, 0.25) is 0 Å². The first kappa shape index (κ1) is 31.3. The van der Waals surface area contributed by atoms with E-state index in [0.29, 0.717) is 16.7 Å². The minimum atomic E-state index is -0.392. The molecule has 4 fully saturated rings. The van der Waals surface area contributed by atoms with Crippen LogP contribution in [0.25, 0.3) is 5.73 Å². The van der Waals surface area contributed by atoms with Crippen molar-refractivity contribution in [1.82, 2.24) is 0 Å². The molecule has 2 nitrogen and oxygen atoms in total. The number of carbonyl (C=O) groups is 1. The number of nitrogens with one attached hydrogen (secondary N) is 1. The van der Waals surface area contributed by atoms with Gasteiger partial charge in [-0.05, 0) is 55.3 Å². The molecule has 0 aliphatic heterocycles. The van der Waals surface area contributed by atoms with Crippen molar-refractivity contribution < 1.29 is 30.6 Å². The van der Waals surface area contributed by atoms with E-state index in [9.17, 15) is 4.79 Å². The van der Waals surface area contributed by atoms with Crippen molar-refractivity contribution in [3.8, 4) is 0 Å². The fourth-order valence-electron chi connectivity index (χ4n) is 8.15. The van der Waals surface area contributed by atoms with Crippen molar-refractivity contribution in [2.24, 2.45) is 28.1 Å². The number of rotatable bonds is 3. The van der Waals surface area contributed by atoms with Gasteiger partial charge in [0.15, 0.2) is 0 Å². The first-order chi connectivity index (χ1) is 17.4. The zero-order valence-corrected chi connectivity index (χ0v) is 30.2. The average molecular weight is 734 g/mol. The molecule has 201 valence electrons. The van der Waals surface area contributed by atoms with Gasteiger partial charge in [0.1, 0.15) is 0 Å². The topological polar surface area (TPSA) is 40.9 Å². The predicted octanol–water partition coefficient (Wildman–Crippen LogP) is 7.36. The van der Waals surface area contributed by atoms with Crippen LogP contribution in [0.1, 0.15) is 80.1 Å². The van der Waals surface area contributed by atoms with E-state index in [4.69, 9.17) is 5.73 Å². The Bertz CT molecular complexity index is 1120. The fraction of sp³-hybridized carbons (Fsp3) is 0.500. The van der Waals surface area contributed by atoms with E-state index < -0.39 is 15.4 Å². The van der Waals surface area contributed by atoms with Gasteiger partial charge in [-0.3, -0.25) is 6.08 Å². The first-order valence-electron chi connectivity index (χ1n) is 13.9. The molecule has 1 radical (unpaired) electrons. The molecule has 4 bridgehead atoms. The van der Waals surface area contributed by atoms with Crippen LogP contribution in [0.4, 0.5) is 0 Å². The average Bonchev–Trinajstić information content (AvgIpc) is 3.04. The number of carbonyl (C=O) groups excluding carboxylic acids is 1. The van der Waals surface area contributed by atoms with Crippen molar-refractivity contribution in [2.45, 2.75) is 80.1 Å². The molecule has 2 aromatic carbocycles. The Morgan fingerprint density at radius 2 is 1.32 bits per heavy atom. The summed E-state index contributed by atoms with van der Waals surface area (Å²) in [5.74, 6) is 1.01. The molecule has 7 rings (SSSR count). The maximum absolute atomic E-state index is 11.6. The number of allylic oxidation sites excluding steroid dienone is 4. The molecule has 38 heavy (non-hydrogen) atoms. The van der Waals surface area contributed by atoms with E-state index in [0.717, 1.165) is 25.2 Å². The second-order valence-corrected chi connectivity index (χ2v) is 16.4. The van der Waals surface area contributed by atoms with E-state index in [1.54, 1.807) is 0 Å². The molecule has 4 saturated carbocycles. The van der Waals surface area contributed by atoms with Gasteiger partial charge in [0.05, 0.1) is 5.91 Å². The first-order valence-corrected chi connectivity index (χ1v) is 16.3. The van der Waals surface area contributed by atoms with Crippen molar-refractivity contribution in [3.63, 3.8) is 0 Å². The van der Waals surface area contributed by atoms with E-state index in [-0.39, 0.29) is 37.2 Å². The number of hydrogen-bond donors (Lipinski definition) is 0. The molecule has 1 amide bonds. The van der Waals surface area contributed by atoms with Gasteiger partial charge in [0.25, 0.3) is 0 Å². The molecule has 5 aliphatic rings. The Kier molecular flexibility index (Phi) is 10.3. The van der Waals surface area contributed by atoms with Crippen LogP contribution in [-0.4, -0.2) is 21.3 Å². The van der Waals surface area contributed by atoms with Crippen LogP contribution in [0, 0.1) is 34.2 Å². The predicted molar refractivity (Wildman–Crippen MR) is 158 cm³/mol. The summed E-state index contributed by atoms with van der Waals surface area (Å²) >= 11 is -0.392. The number of hydrogen-bond acceptors (Lipinski definition) is 1. The van der Waals surface area contributed by atoms with Crippen LogP contribution in [0.15, 0.2) is 77.4 Å². The third-order valence-electron chi connectivity index (χ3n) is 9.28. The van der Waals surface area contributed by atoms with Crippen molar-refractivity contribution in [1.29, 1.82) is 0 Å². The summed E-state index contributed by atoms with van der Waals surface area (Å²) < 4.78 is 3.05. The Morgan fingerprint density at radius 1 is 0.842 bits per heavy atom.